The zero-order valence-corrected chi connectivity index (χ0v) is 11.1. The molecule has 1 heterocycles. The summed E-state index contributed by atoms with van der Waals surface area (Å²) in [5, 5.41) is 5.59. The fourth-order valence-electron chi connectivity index (χ4n) is 1.30. The molecule has 0 aliphatic carbocycles. The van der Waals surface area contributed by atoms with Crippen LogP contribution in [-0.4, -0.2) is 23.2 Å². The quantitative estimate of drug-likeness (QED) is 0.442. The number of oxime groups is 1. The van der Waals surface area contributed by atoms with Gasteiger partial charge in [0.1, 0.15) is 12.3 Å². The van der Waals surface area contributed by atoms with Crippen molar-refractivity contribution in [3.63, 3.8) is 0 Å². The zero-order valence-electron chi connectivity index (χ0n) is 10.3. The summed E-state index contributed by atoms with van der Waals surface area (Å²) < 4.78 is 0. The number of hydrogen-bond donors (Lipinski definition) is 1. The van der Waals surface area contributed by atoms with Crippen molar-refractivity contribution >= 4 is 28.1 Å². The van der Waals surface area contributed by atoms with E-state index in [-0.39, 0.29) is 5.71 Å². The van der Waals surface area contributed by atoms with Gasteiger partial charge in [-0.05, 0) is 12.8 Å². The highest BCUT2D eigenvalue weighted by Crippen LogP contribution is 2.12. The molecule has 1 aromatic heterocycles. The van der Waals surface area contributed by atoms with E-state index < -0.39 is 5.91 Å². The number of carbonyl (C=O) groups excluding carboxylic acids is 1. The maximum atomic E-state index is 11.1. The van der Waals surface area contributed by atoms with Crippen LogP contribution in [0.15, 0.2) is 10.5 Å². The first-order valence-corrected chi connectivity index (χ1v) is 6.70. The highest BCUT2D eigenvalue weighted by atomic mass is 32.1. The molecular formula is C11H17N4O2S. The number of nitrogen functional groups attached to an aromatic ring is 1. The number of nitrogens with two attached hydrogens (primary N) is 1. The van der Waals surface area contributed by atoms with Crippen molar-refractivity contribution in [2.75, 3.05) is 12.3 Å². The van der Waals surface area contributed by atoms with Crippen LogP contribution in [0.4, 0.5) is 5.13 Å². The number of nitrogens with zero attached hydrogens (tertiary/aromatic N) is 2. The minimum Gasteiger partial charge on any atom is -0.395 e. The van der Waals surface area contributed by atoms with Gasteiger partial charge in [-0.3, -0.25) is 10.5 Å². The van der Waals surface area contributed by atoms with Gasteiger partial charge in [0.05, 0.1) is 0 Å². The molecule has 7 heteroatoms. The summed E-state index contributed by atoms with van der Waals surface area (Å²) in [6.07, 6.45) is 4.26. The molecule has 0 aliphatic rings. The fourth-order valence-corrected chi connectivity index (χ4v) is 1.85. The zero-order chi connectivity index (χ0) is 13.4. The van der Waals surface area contributed by atoms with Gasteiger partial charge in [0.2, 0.25) is 0 Å². The molecule has 1 radical (unpaired) electrons. The van der Waals surface area contributed by atoms with Crippen LogP contribution in [0.2, 0.25) is 0 Å². The highest BCUT2D eigenvalue weighted by Gasteiger charge is 2.15. The lowest BCUT2D eigenvalue weighted by Crippen LogP contribution is -2.17. The molecule has 0 aliphatic heterocycles. The second kappa shape index (κ2) is 7.65. The Morgan fingerprint density at radius 2 is 2.33 bits per heavy atom. The van der Waals surface area contributed by atoms with E-state index >= 15 is 0 Å². The molecule has 1 amide bonds. The van der Waals surface area contributed by atoms with Crippen molar-refractivity contribution < 1.29 is 9.63 Å². The Morgan fingerprint density at radius 1 is 1.56 bits per heavy atom. The molecule has 1 aromatic rings. The number of amides is 1. The Balaban J connectivity index is 2.50. The lowest BCUT2D eigenvalue weighted by Gasteiger charge is -2.01. The molecule has 3 N–H and O–H groups in total. The van der Waals surface area contributed by atoms with Crippen LogP contribution in [0.25, 0.3) is 0 Å². The van der Waals surface area contributed by atoms with Crippen molar-refractivity contribution in [2.45, 2.75) is 32.6 Å². The third-order valence-corrected chi connectivity index (χ3v) is 2.90. The van der Waals surface area contributed by atoms with Gasteiger partial charge in [0.25, 0.3) is 5.91 Å². The molecule has 0 fully saturated rings. The van der Waals surface area contributed by atoms with Gasteiger partial charge in [-0.1, -0.05) is 24.9 Å². The fraction of sp³-hybridized carbons (Fsp3) is 0.545. The first-order chi connectivity index (χ1) is 8.65. The molecule has 0 saturated carbocycles. The molecule has 0 spiro atoms. The van der Waals surface area contributed by atoms with Gasteiger partial charge in [-0.2, -0.15) is 0 Å². The molecule has 6 nitrogen and oxygen atoms in total. The third kappa shape index (κ3) is 4.70. The first-order valence-electron chi connectivity index (χ1n) is 5.82. The molecule has 0 atom stereocenters. The molecule has 18 heavy (non-hydrogen) atoms. The maximum Gasteiger partial charge on any atom is 0.294 e. The Labute approximate surface area is 110 Å². The smallest absolute Gasteiger partial charge is 0.294 e. The summed E-state index contributed by atoms with van der Waals surface area (Å²) in [7, 11) is 0. The molecule has 0 unspecified atom stereocenters. The van der Waals surface area contributed by atoms with Crippen LogP contribution in [0.3, 0.4) is 0 Å². The van der Waals surface area contributed by atoms with Crippen LogP contribution in [0.1, 0.15) is 38.3 Å². The molecule has 0 aromatic carbocycles. The number of unbranched alkanes of at least 4 members (excludes halogenated alkanes) is 3. The normalized spacial score (nSPS) is 11.5. The lowest BCUT2D eigenvalue weighted by molar-refractivity contribution is -0.112. The maximum absolute atomic E-state index is 11.1. The standard InChI is InChI=1S/C11H17N4O2S/c1-2-3-4-5-6-17-15-9(10(12)16)8-7-18-11(13)14-8/h7,12H,2-6H2,1H3,(H2,13,14)/b15-9-. The van der Waals surface area contributed by atoms with Gasteiger partial charge >= 0.3 is 0 Å². The minimum atomic E-state index is -0.922. The summed E-state index contributed by atoms with van der Waals surface area (Å²) in [6.45, 7) is 2.57. The van der Waals surface area contributed by atoms with E-state index in [1.165, 1.54) is 11.3 Å². The predicted octanol–water partition coefficient (Wildman–Crippen LogP) is 1.84. The molecule has 0 bridgehead atoms. The summed E-state index contributed by atoms with van der Waals surface area (Å²) in [4.78, 5) is 20.0. The van der Waals surface area contributed by atoms with Gasteiger partial charge in [-0.25, -0.2) is 4.98 Å². The monoisotopic (exact) mass is 269 g/mol. The molecular weight excluding hydrogens is 252 g/mol. The van der Waals surface area contributed by atoms with Crippen molar-refractivity contribution in [1.29, 1.82) is 0 Å². The van der Waals surface area contributed by atoms with E-state index in [0.29, 0.717) is 17.4 Å². The van der Waals surface area contributed by atoms with Crippen LogP contribution >= 0.6 is 11.3 Å². The van der Waals surface area contributed by atoms with E-state index in [9.17, 15) is 4.79 Å². The van der Waals surface area contributed by atoms with Gasteiger partial charge in [-0.15, -0.1) is 11.3 Å². The number of thiazole rings is 1. The third-order valence-electron chi connectivity index (χ3n) is 2.22. The number of rotatable bonds is 8. The van der Waals surface area contributed by atoms with E-state index in [0.717, 1.165) is 25.7 Å². The van der Waals surface area contributed by atoms with Crippen molar-refractivity contribution in [3.05, 3.63) is 11.1 Å². The lowest BCUT2D eigenvalue weighted by atomic mass is 10.2. The van der Waals surface area contributed by atoms with Gasteiger partial charge in [0.15, 0.2) is 10.8 Å². The highest BCUT2D eigenvalue weighted by molar-refractivity contribution is 7.13. The number of anilines is 1. The summed E-state index contributed by atoms with van der Waals surface area (Å²) >= 11 is 1.20. The Morgan fingerprint density at radius 3 is 2.89 bits per heavy atom. The average molecular weight is 269 g/mol. The van der Waals surface area contributed by atoms with E-state index in [4.69, 9.17) is 16.3 Å². The second-order valence-electron chi connectivity index (χ2n) is 3.73. The molecule has 0 saturated heterocycles. The number of aromatic nitrogens is 1. The van der Waals surface area contributed by atoms with E-state index in [1.54, 1.807) is 5.38 Å². The molecule has 1 rings (SSSR count). The van der Waals surface area contributed by atoms with Gasteiger partial charge in [0, 0.05) is 5.38 Å². The average Bonchev–Trinajstić information content (AvgIpc) is 2.74. The summed E-state index contributed by atoms with van der Waals surface area (Å²) in [5.41, 5.74) is 12.8. The van der Waals surface area contributed by atoms with Crippen LogP contribution in [0, 0.1) is 0 Å². The topological polar surface area (TPSA) is 101 Å². The Bertz CT molecular complexity index is 417. The van der Waals surface area contributed by atoms with Gasteiger partial charge < -0.3 is 10.6 Å². The number of hydrogen-bond acceptors (Lipinski definition) is 6. The Hall–Kier alpha value is -1.63. The SMILES string of the molecule is CCCCCCO/N=C(\C([NH])=O)c1csc(N)n1. The predicted molar refractivity (Wildman–Crippen MR) is 71.3 cm³/mol. The van der Waals surface area contributed by atoms with Crippen molar-refractivity contribution in [2.24, 2.45) is 5.16 Å². The van der Waals surface area contributed by atoms with E-state index in [2.05, 4.69) is 17.1 Å². The minimum absolute atomic E-state index is 0.0987. The van der Waals surface area contributed by atoms with Crippen molar-refractivity contribution in [1.82, 2.24) is 10.7 Å². The van der Waals surface area contributed by atoms with Crippen LogP contribution in [-0.2, 0) is 9.63 Å². The summed E-state index contributed by atoms with van der Waals surface area (Å²) in [5.74, 6) is -0.922. The molecule has 99 valence electrons. The van der Waals surface area contributed by atoms with Crippen LogP contribution in [0.5, 0.6) is 0 Å². The summed E-state index contributed by atoms with van der Waals surface area (Å²) in [6, 6.07) is 0. The second-order valence-corrected chi connectivity index (χ2v) is 4.62. The van der Waals surface area contributed by atoms with E-state index in [1.807, 2.05) is 0 Å². The first kappa shape index (κ1) is 14.4. The largest absolute Gasteiger partial charge is 0.395 e. The Kier molecular flexibility index (Phi) is 6.13. The number of carbonyl (C=O) groups is 1. The van der Waals surface area contributed by atoms with Crippen LogP contribution < -0.4 is 11.5 Å². The number of nitrogens with one attached hydrogen (secondary N) is 1. The van der Waals surface area contributed by atoms with Crippen molar-refractivity contribution in [3.8, 4) is 0 Å².